The van der Waals surface area contributed by atoms with Crippen molar-refractivity contribution in [2.75, 3.05) is 11.9 Å². The fourth-order valence-corrected chi connectivity index (χ4v) is 4.39. The second-order valence-corrected chi connectivity index (χ2v) is 8.36. The van der Waals surface area contributed by atoms with Crippen molar-refractivity contribution in [2.45, 2.75) is 0 Å². The van der Waals surface area contributed by atoms with Crippen LogP contribution in [0, 0.1) is 5.82 Å². The Kier molecular flexibility index (Phi) is 6.21. The van der Waals surface area contributed by atoms with Crippen LogP contribution in [0.3, 0.4) is 0 Å². The molecular weight excluding hydrogens is 519 g/mol. The Morgan fingerprint density at radius 1 is 1.18 bits per heavy atom. The highest BCUT2D eigenvalue weighted by Gasteiger charge is 2.36. The summed E-state index contributed by atoms with van der Waals surface area (Å²) in [6.45, 7) is -0.456. The molecule has 0 spiro atoms. The number of aromatic hydroxyl groups is 1. The first kappa shape index (κ1) is 20.6. The summed E-state index contributed by atoms with van der Waals surface area (Å²) in [6.07, 6.45) is 1.50. The SMILES string of the molecule is O=C(CN1C(=O)S/C(=C\c2cc(Br)c(O)c(Br)c2)C1=O)Nc1ccc(F)cc1. The van der Waals surface area contributed by atoms with Gasteiger partial charge in [-0.05, 0) is 91.7 Å². The second-order valence-electron chi connectivity index (χ2n) is 5.66. The van der Waals surface area contributed by atoms with Gasteiger partial charge in [-0.25, -0.2) is 4.39 Å². The minimum Gasteiger partial charge on any atom is -0.506 e. The van der Waals surface area contributed by atoms with Crippen molar-refractivity contribution in [3.8, 4) is 5.75 Å². The highest BCUT2D eigenvalue weighted by Crippen LogP contribution is 2.36. The molecule has 6 nitrogen and oxygen atoms in total. The summed E-state index contributed by atoms with van der Waals surface area (Å²) in [5.41, 5.74) is 0.936. The number of benzene rings is 2. The molecule has 3 amide bonds. The first-order valence-corrected chi connectivity index (χ1v) is 10.1. The average molecular weight is 530 g/mol. The molecule has 0 aromatic heterocycles. The van der Waals surface area contributed by atoms with E-state index in [1.165, 1.54) is 30.3 Å². The van der Waals surface area contributed by atoms with Gasteiger partial charge in [-0.3, -0.25) is 19.3 Å². The van der Waals surface area contributed by atoms with Gasteiger partial charge in [0.05, 0.1) is 13.9 Å². The third-order valence-electron chi connectivity index (χ3n) is 3.64. The number of hydrogen-bond donors (Lipinski definition) is 2. The van der Waals surface area contributed by atoms with Crippen molar-refractivity contribution in [3.63, 3.8) is 0 Å². The minimum atomic E-state index is -0.593. The predicted octanol–water partition coefficient (Wildman–Crippen LogP) is 4.73. The molecule has 1 heterocycles. The molecule has 2 aromatic carbocycles. The van der Waals surface area contributed by atoms with E-state index in [1.807, 2.05) is 0 Å². The van der Waals surface area contributed by atoms with Gasteiger partial charge in [0.1, 0.15) is 18.1 Å². The number of phenolic OH excluding ortho intramolecular Hbond substituents is 1. The van der Waals surface area contributed by atoms with E-state index in [2.05, 4.69) is 37.2 Å². The van der Waals surface area contributed by atoms with Crippen molar-refractivity contribution >= 4 is 72.4 Å². The first-order chi connectivity index (χ1) is 13.2. The molecule has 10 heteroatoms. The Morgan fingerprint density at radius 2 is 1.79 bits per heavy atom. The second kappa shape index (κ2) is 8.46. The number of imide groups is 1. The zero-order valence-corrected chi connectivity index (χ0v) is 17.9. The molecule has 0 unspecified atom stereocenters. The topological polar surface area (TPSA) is 86.7 Å². The number of rotatable bonds is 4. The van der Waals surface area contributed by atoms with Crippen LogP contribution in [0.25, 0.3) is 6.08 Å². The zero-order valence-electron chi connectivity index (χ0n) is 13.9. The van der Waals surface area contributed by atoms with Gasteiger partial charge in [-0.2, -0.15) is 0 Å². The zero-order chi connectivity index (χ0) is 20.4. The van der Waals surface area contributed by atoms with Gasteiger partial charge in [-0.1, -0.05) is 0 Å². The van der Waals surface area contributed by atoms with Crippen LogP contribution in [0.2, 0.25) is 0 Å². The van der Waals surface area contributed by atoms with E-state index in [-0.39, 0.29) is 10.7 Å². The van der Waals surface area contributed by atoms with Crippen LogP contribution in [-0.2, 0) is 9.59 Å². The summed E-state index contributed by atoms with van der Waals surface area (Å²) in [5, 5.41) is 11.7. The fraction of sp³-hybridized carbons (Fsp3) is 0.0556. The molecule has 1 fully saturated rings. The highest BCUT2D eigenvalue weighted by molar-refractivity contribution is 9.11. The van der Waals surface area contributed by atoms with Crippen LogP contribution in [0.1, 0.15) is 5.56 Å². The molecule has 0 bridgehead atoms. The van der Waals surface area contributed by atoms with E-state index in [0.717, 1.165) is 16.7 Å². The lowest BCUT2D eigenvalue weighted by molar-refractivity contribution is -0.127. The summed E-state index contributed by atoms with van der Waals surface area (Å²) in [4.78, 5) is 37.8. The largest absolute Gasteiger partial charge is 0.506 e. The normalized spacial score (nSPS) is 15.4. The van der Waals surface area contributed by atoms with Crippen molar-refractivity contribution in [3.05, 3.63) is 61.6 Å². The molecule has 1 aliphatic heterocycles. The third-order valence-corrected chi connectivity index (χ3v) is 5.76. The van der Waals surface area contributed by atoms with Crippen LogP contribution in [0.5, 0.6) is 5.75 Å². The van der Waals surface area contributed by atoms with Crippen molar-refractivity contribution in [2.24, 2.45) is 0 Å². The number of halogens is 3. The van der Waals surface area contributed by atoms with Crippen molar-refractivity contribution < 1.29 is 23.9 Å². The number of carbonyl (C=O) groups excluding carboxylic acids is 3. The van der Waals surface area contributed by atoms with Crippen LogP contribution >= 0.6 is 43.6 Å². The minimum absolute atomic E-state index is 0.0164. The van der Waals surface area contributed by atoms with Gasteiger partial charge >= 0.3 is 0 Å². The number of anilines is 1. The number of phenols is 1. The molecule has 144 valence electrons. The smallest absolute Gasteiger partial charge is 0.294 e. The van der Waals surface area contributed by atoms with Crippen LogP contribution < -0.4 is 5.32 Å². The highest BCUT2D eigenvalue weighted by atomic mass is 79.9. The number of nitrogens with one attached hydrogen (secondary N) is 1. The summed E-state index contributed by atoms with van der Waals surface area (Å²) in [5.74, 6) is -1.60. The van der Waals surface area contributed by atoms with Crippen molar-refractivity contribution in [1.82, 2.24) is 4.90 Å². The van der Waals surface area contributed by atoms with E-state index in [9.17, 15) is 23.9 Å². The quantitative estimate of drug-likeness (QED) is 0.559. The van der Waals surface area contributed by atoms with Crippen molar-refractivity contribution in [1.29, 1.82) is 0 Å². The van der Waals surface area contributed by atoms with Gasteiger partial charge in [0.2, 0.25) is 5.91 Å². The monoisotopic (exact) mass is 528 g/mol. The average Bonchev–Trinajstić information content (AvgIpc) is 2.89. The third kappa shape index (κ3) is 4.62. The summed E-state index contributed by atoms with van der Waals surface area (Å²) < 4.78 is 13.8. The number of thioether (sulfide) groups is 1. The predicted molar refractivity (Wildman–Crippen MR) is 111 cm³/mol. The fourth-order valence-electron chi connectivity index (χ4n) is 2.33. The maximum Gasteiger partial charge on any atom is 0.294 e. The molecular formula is C18H11Br2FN2O4S. The van der Waals surface area contributed by atoms with Gasteiger partial charge in [0.15, 0.2) is 0 Å². The van der Waals surface area contributed by atoms with Crippen LogP contribution in [0.4, 0.5) is 14.9 Å². The van der Waals surface area contributed by atoms with E-state index in [4.69, 9.17) is 0 Å². The Hall–Kier alpha value is -2.17. The molecule has 1 saturated heterocycles. The lowest BCUT2D eigenvalue weighted by atomic mass is 10.2. The molecule has 0 saturated carbocycles. The van der Waals surface area contributed by atoms with E-state index < -0.39 is 29.4 Å². The molecule has 28 heavy (non-hydrogen) atoms. The van der Waals surface area contributed by atoms with E-state index >= 15 is 0 Å². The lowest BCUT2D eigenvalue weighted by Crippen LogP contribution is -2.36. The van der Waals surface area contributed by atoms with E-state index in [1.54, 1.807) is 12.1 Å². The summed E-state index contributed by atoms with van der Waals surface area (Å²) >= 11 is 7.12. The molecule has 0 atom stereocenters. The molecule has 2 aromatic rings. The van der Waals surface area contributed by atoms with Gasteiger partial charge in [0.25, 0.3) is 11.1 Å². The van der Waals surface area contributed by atoms with Crippen LogP contribution in [0.15, 0.2) is 50.2 Å². The molecule has 3 rings (SSSR count). The molecule has 0 aliphatic carbocycles. The Labute approximate surface area is 180 Å². The number of hydrogen-bond acceptors (Lipinski definition) is 5. The van der Waals surface area contributed by atoms with Gasteiger partial charge in [0, 0.05) is 5.69 Å². The number of nitrogens with zero attached hydrogens (tertiary/aromatic N) is 1. The van der Waals surface area contributed by atoms with Gasteiger partial charge < -0.3 is 10.4 Å². The summed E-state index contributed by atoms with van der Waals surface area (Å²) in [7, 11) is 0. The Morgan fingerprint density at radius 3 is 2.39 bits per heavy atom. The summed E-state index contributed by atoms with van der Waals surface area (Å²) in [6, 6.07) is 8.31. The maximum atomic E-state index is 12.9. The standard InChI is InChI=1S/C18H11Br2FN2O4S/c19-12-5-9(6-13(20)16(12)25)7-14-17(26)23(18(27)28-14)8-15(24)22-11-3-1-10(21)2-4-11/h1-7,25H,8H2,(H,22,24)/b14-7-. The maximum absolute atomic E-state index is 12.9. The van der Waals surface area contributed by atoms with Crippen LogP contribution in [-0.4, -0.2) is 33.6 Å². The number of amides is 3. The molecule has 0 radical (unpaired) electrons. The Bertz CT molecular complexity index is 988. The molecule has 2 N–H and O–H groups in total. The Balaban J connectivity index is 1.72. The van der Waals surface area contributed by atoms with Gasteiger partial charge in [-0.15, -0.1) is 0 Å². The number of carbonyl (C=O) groups is 3. The first-order valence-electron chi connectivity index (χ1n) is 7.73. The lowest BCUT2D eigenvalue weighted by Gasteiger charge is -2.12. The molecule has 1 aliphatic rings. The van der Waals surface area contributed by atoms with E-state index in [0.29, 0.717) is 20.2 Å².